The van der Waals surface area contributed by atoms with Crippen molar-refractivity contribution >= 4 is 33.7 Å². The van der Waals surface area contributed by atoms with Crippen molar-refractivity contribution in [1.29, 1.82) is 0 Å². The summed E-state index contributed by atoms with van der Waals surface area (Å²) in [6, 6.07) is 22.3. The highest BCUT2D eigenvalue weighted by molar-refractivity contribution is 6.07. The van der Waals surface area contributed by atoms with Crippen LogP contribution < -0.4 is 5.43 Å². The van der Waals surface area contributed by atoms with Gasteiger partial charge in [0.15, 0.2) is 0 Å². The molecule has 0 radical (unpaired) electrons. The molecule has 0 saturated carbocycles. The number of fused-ring (bicyclic) bond motifs is 2. The number of aromatic nitrogens is 1. The zero-order valence-corrected chi connectivity index (χ0v) is 12.8. The largest absolute Gasteiger partial charge is 0.277 e. The van der Waals surface area contributed by atoms with Crippen LogP contribution in [0.2, 0.25) is 0 Å². The number of nitrogens with zero attached hydrogens (tertiary/aromatic N) is 2. The van der Waals surface area contributed by atoms with Crippen LogP contribution in [0.25, 0.3) is 21.8 Å². The molecule has 0 atom stereocenters. The summed E-state index contributed by atoms with van der Waals surface area (Å²) in [5, 5.41) is 6.18. The molecule has 4 aromatic rings. The topological polar surface area (TPSA) is 37.3 Å². The van der Waals surface area contributed by atoms with Crippen LogP contribution in [0, 0.1) is 5.82 Å². The average Bonchev–Trinajstić information content (AvgIpc) is 2.62. The minimum atomic E-state index is -0.299. The lowest BCUT2D eigenvalue weighted by Gasteiger charge is -2.09. The summed E-state index contributed by atoms with van der Waals surface area (Å²) in [7, 11) is 0. The molecule has 4 heteroatoms. The van der Waals surface area contributed by atoms with Gasteiger partial charge >= 0.3 is 0 Å². The Morgan fingerprint density at radius 3 is 2.04 bits per heavy atom. The number of rotatable bonds is 3. The third-order valence-corrected chi connectivity index (χ3v) is 3.87. The van der Waals surface area contributed by atoms with E-state index in [2.05, 4.69) is 15.5 Å². The van der Waals surface area contributed by atoms with Crippen molar-refractivity contribution in [3.8, 4) is 0 Å². The van der Waals surface area contributed by atoms with Crippen LogP contribution in [0.4, 0.5) is 10.1 Å². The second kappa shape index (κ2) is 6.08. The second-order valence-electron chi connectivity index (χ2n) is 5.41. The van der Waals surface area contributed by atoms with Gasteiger partial charge in [0.1, 0.15) is 5.82 Å². The van der Waals surface area contributed by atoms with Crippen molar-refractivity contribution in [2.45, 2.75) is 0 Å². The van der Waals surface area contributed by atoms with Crippen LogP contribution in [0.5, 0.6) is 0 Å². The lowest BCUT2D eigenvalue weighted by Crippen LogP contribution is -1.96. The van der Waals surface area contributed by atoms with E-state index >= 15 is 0 Å². The Hall–Kier alpha value is -3.27. The van der Waals surface area contributed by atoms with Crippen LogP contribution in [-0.2, 0) is 0 Å². The quantitative estimate of drug-likeness (QED) is 0.329. The van der Waals surface area contributed by atoms with Gasteiger partial charge in [-0.2, -0.15) is 5.10 Å². The summed E-state index contributed by atoms with van der Waals surface area (Å²) in [4.78, 5) is 4.67. The predicted octanol–water partition coefficient (Wildman–Crippen LogP) is 4.97. The van der Waals surface area contributed by atoms with Crippen LogP contribution in [0.3, 0.4) is 0 Å². The highest BCUT2D eigenvalue weighted by Gasteiger charge is 2.07. The van der Waals surface area contributed by atoms with Crippen molar-refractivity contribution in [2.75, 3.05) is 5.43 Å². The van der Waals surface area contributed by atoms with Gasteiger partial charge in [-0.3, -0.25) is 5.43 Å². The number of hydrazone groups is 1. The molecule has 0 aliphatic heterocycles. The first-order valence-electron chi connectivity index (χ1n) is 7.64. The molecule has 1 N–H and O–H groups in total. The molecule has 3 nitrogen and oxygen atoms in total. The number of halogens is 1. The molecule has 0 saturated heterocycles. The van der Waals surface area contributed by atoms with Crippen LogP contribution in [0.15, 0.2) is 77.9 Å². The van der Waals surface area contributed by atoms with E-state index in [0.29, 0.717) is 5.56 Å². The van der Waals surface area contributed by atoms with Gasteiger partial charge in [0.25, 0.3) is 0 Å². The number of anilines is 1. The van der Waals surface area contributed by atoms with E-state index in [9.17, 15) is 4.39 Å². The fraction of sp³-hybridized carbons (Fsp3) is 0. The lowest BCUT2D eigenvalue weighted by atomic mass is 10.1. The van der Waals surface area contributed by atoms with Crippen LogP contribution >= 0.6 is 0 Å². The van der Waals surface area contributed by atoms with Gasteiger partial charge in [-0.25, -0.2) is 9.37 Å². The molecule has 0 bridgehead atoms. The van der Waals surface area contributed by atoms with E-state index in [1.807, 2.05) is 48.5 Å². The summed E-state index contributed by atoms with van der Waals surface area (Å²) < 4.78 is 13.7. The zero-order valence-electron chi connectivity index (χ0n) is 12.8. The van der Waals surface area contributed by atoms with E-state index in [-0.39, 0.29) is 5.82 Å². The first-order valence-corrected chi connectivity index (χ1v) is 7.64. The first-order chi connectivity index (χ1) is 11.8. The SMILES string of the molecule is Fc1ccccc1/C=N/Nc1c2ccccc2nc2ccccc12. The van der Waals surface area contributed by atoms with E-state index in [1.165, 1.54) is 12.3 Å². The molecular formula is C20H14FN3. The van der Waals surface area contributed by atoms with Crippen LogP contribution in [0.1, 0.15) is 5.56 Å². The monoisotopic (exact) mass is 315 g/mol. The van der Waals surface area contributed by atoms with Gasteiger partial charge < -0.3 is 0 Å². The average molecular weight is 315 g/mol. The molecule has 0 aliphatic carbocycles. The maximum atomic E-state index is 13.7. The van der Waals surface area contributed by atoms with Gasteiger partial charge in [-0.05, 0) is 18.2 Å². The van der Waals surface area contributed by atoms with Crippen LogP contribution in [-0.4, -0.2) is 11.2 Å². The molecule has 1 aromatic heterocycles. The molecule has 4 rings (SSSR count). The summed E-state index contributed by atoms with van der Waals surface area (Å²) in [6.07, 6.45) is 1.49. The van der Waals surface area contributed by atoms with E-state index in [4.69, 9.17) is 0 Å². The standard InChI is InChI=1S/C20H14FN3/c21-17-10-4-1-7-14(17)13-22-24-20-15-8-2-5-11-18(15)23-19-12-6-3-9-16(19)20/h1-13H,(H,23,24)/b22-13+. The Morgan fingerprint density at radius 2 is 1.38 bits per heavy atom. The Labute approximate surface area is 138 Å². The summed E-state index contributed by atoms with van der Waals surface area (Å²) in [5.41, 5.74) is 6.15. The summed E-state index contributed by atoms with van der Waals surface area (Å²) in [6.45, 7) is 0. The molecule has 3 aromatic carbocycles. The predicted molar refractivity (Wildman–Crippen MR) is 96.9 cm³/mol. The molecule has 116 valence electrons. The number of nitrogens with one attached hydrogen (secondary N) is 1. The normalized spacial score (nSPS) is 11.4. The van der Waals surface area contributed by atoms with Gasteiger partial charge in [0.2, 0.25) is 0 Å². The Balaban J connectivity index is 1.81. The molecule has 0 fully saturated rings. The molecule has 0 amide bonds. The van der Waals surface area contributed by atoms with E-state index < -0.39 is 0 Å². The highest BCUT2D eigenvalue weighted by Crippen LogP contribution is 2.30. The van der Waals surface area contributed by atoms with Gasteiger partial charge in [0.05, 0.1) is 22.9 Å². The second-order valence-corrected chi connectivity index (χ2v) is 5.41. The van der Waals surface area contributed by atoms with Gasteiger partial charge in [0, 0.05) is 16.3 Å². The minimum absolute atomic E-state index is 0.299. The molecule has 0 aliphatic rings. The van der Waals surface area contributed by atoms with Crippen molar-refractivity contribution in [2.24, 2.45) is 5.10 Å². The number of benzene rings is 3. The van der Waals surface area contributed by atoms with E-state index in [0.717, 1.165) is 27.5 Å². The first kappa shape index (κ1) is 14.3. The minimum Gasteiger partial charge on any atom is -0.277 e. The molecule has 0 unspecified atom stereocenters. The summed E-state index contributed by atoms with van der Waals surface area (Å²) >= 11 is 0. The number of hydrogen-bond donors (Lipinski definition) is 1. The molecular weight excluding hydrogens is 301 g/mol. The van der Waals surface area contributed by atoms with Crippen molar-refractivity contribution in [3.05, 3.63) is 84.2 Å². The highest BCUT2D eigenvalue weighted by atomic mass is 19.1. The fourth-order valence-electron chi connectivity index (χ4n) is 2.71. The zero-order chi connectivity index (χ0) is 16.4. The van der Waals surface area contributed by atoms with Gasteiger partial charge in [-0.15, -0.1) is 0 Å². The third kappa shape index (κ3) is 2.58. The fourth-order valence-corrected chi connectivity index (χ4v) is 2.71. The number of pyridine rings is 1. The van der Waals surface area contributed by atoms with Gasteiger partial charge in [-0.1, -0.05) is 54.6 Å². The molecule has 24 heavy (non-hydrogen) atoms. The Bertz CT molecular complexity index is 1000. The lowest BCUT2D eigenvalue weighted by molar-refractivity contribution is 0.626. The Kier molecular flexibility index (Phi) is 3.63. The maximum Gasteiger partial charge on any atom is 0.132 e. The molecule has 0 spiro atoms. The molecule has 1 heterocycles. The Morgan fingerprint density at radius 1 is 0.792 bits per heavy atom. The summed E-state index contributed by atoms with van der Waals surface area (Å²) in [5.74, 6) is -0.299. The number of hydrogen-bond acceptors (Lipinski definition) is 3. The van der Waals surface area contributed by atoms with Crippen molar-refractivity contribution < 1.29 is 4.39 Å². The van der Waals surface area contributed by atoms with Crippen molar-refractivity contribution in [3.63, 3.8) is 0 Å². The van der Waals surface area contributed by atoms with Crippen molar-refractivity contribution in [1.82, 2.24) is 4.98 Å². The number of para-hydroxylation sites is 2. The maximum absolute atomic E-state index is 13.7. The smallest absolute Gasteiger partial charge is 0.132 e. The van der Waals surface area contributed by atoms with E-state index in [1.54, 1.807) is 18.2 Å². The third-order valence-electron chi connectivity index (χ3n) is 3.87.